The number of thiophene rings is 1. The second-order valence-electron chi connectivity index (χ2n) is 6.30. The van der Waals surface area contributed by atoms with Crippen LogP contribution in [0.3, 0.4) is 0 Å². The van der Waals surface area contributed by atoms with E-state index in [1.165, 1.54) is 49.9 Å². The molecule has 2 amide bonds. The van der Waals surface area contributed by atoms with Crippen LogP contribution in [0.15, 0.2) is 11.4 Å². The summed E-state index contributed by atoms with van der Waals surface area (Å²) in [5, 5.41) is 5.19. The summed E-state index contributed by atoms with van der Waals surface area (Å²) in [4.78, 5) is 26.0. The van der Waals surface area contributed by atoms with Gasteiger partial charge in [0.2, 0.25) is 5.91 Å². The number of nitrogens with zero attached hydrogens (tertiary/aromatic N) is 1. The first kappa shape index (κ1) is 15.5. The van der Waals surface area contributed by atoms with Crippen LogP contribution in [0.5, 0.6) is 0 Å². The first-order valence-corrected chi connectivity index (χ1v) is 8.94. The van der Waals surface area contributed by atoms with Gasteiger partial charge in [-0.25, -0.2) is 0 Å². The molecule has 0 radical (unpaired) electrons. The molecule has 2 atom stereocenters. The minimum Gasteiger partial charge on any atom is -0.366 e. The number of piperidine rings is 1. The van der Waals surface area contributed by atoms with E-state index < -0.39 is 5.91 Å². The van der Waals surface area contributed by atoms with Gasteiger partial charge in [-0.1, -0.05) is 12.8 Å². The normalized spacial score (nSPS) is 25.5. The van der Waals surface area contributed by atoms with Crippen molar-refractivity contribution in [3.8, 4) is 0 Å². The number of fused-ring (bicyclic) bond motifs is 1. The molecule has 2 fully saturated rings. The van der Waals surface area contributed by atoms with Crippen LogP contribution in [-0.2, 0) is 4.79 Å². The molecule has 1 aliphatic carbocycles. The molecule has 2 aliphatic rings. The number of carbonyl (C=O) groups is 2. The maximum atomic E-state index is 12.3. The van der Waals surface area contributed by atoms with E-state index in [9.17, 15) is 9.59 Å². The average Bonchev–Trinajstić information content (AvgIpc) is 2.96. The Kier molecular flexibility index (Phi) is 4.78. The molecule has 22 heavy (non-hydrogen) atoms. The summed E-state index contributed by atoms with van der Waals surface area (Å²) >= 11 is 1.34. The van der Waals surface area contributed by atoms with Crippen molar-refractivity contribution in [2.24, 2.45) is 11.7 Å². The maximum Gasteiger partial charge on any atom is 0.251 e. The summed E-state index contributed by atoms with van der Waals surface area (Å²) in [5.74, 6) is 0.219. The third-order valence-electron chi connectivity index (χ3n) is 4.89. The number of rotatable bonds is 4. The molecule has 1 saturated carbocycles. The third-order valence-corrected chi connectivity index (χ3v) is 5.72. The van der Waals surface area contributed by atoms with Crippen LogP contribution in [0.1, 0.15) is 48.9 Å². The number of primary amides is 1. The molecule has 0 aromatic carbocycles. The fraction of sp³-hybridized carbons (Fsp3) is 0.625. The molecule has 0 bridgehead atoms. The molecule has 3 N–H and O–H groups in total. The van der Waals surface area contributed by atoms with Crippen LogP contribution in [0.4, 0.5) is 5.00 Å². The Morgan fingerprint density at radius 1 is 1.27 bits per heavy atom. The standard InChI is InChI=1S/C16H23N3O2S/c17-15(21)12-7-9-22-16(12)18-14(20)10-19-8-3-5-11-4-1-2-6-13(11)19/h7,9,11,13H,1-6,8,10H2,(H2,17,21)(H,18,20)/t11-,13+/m1/s1. The molecule has 3 rings (SSSR count). The predicted octanol–water partition coefficient (Wildman–Crippen LogP) is 2.44. The molecule has 1 aliphatic heterocycles. The molecule has 1 saturated heterocycles. The summed E-state index contributed by atoms with van der Waals surface area (Å²) < 4.78 is 0. The molecule has 6 heteroatoms. The lowest BCUT2D eigenvalue weighted by atomic mass is 9.78. The lowest BCUT2D eigenvalue weighted by Crippen LogP contribution is -2.49. The van der Waals surface area contributed by atoms with Crippen molar-refractivity contribution in [1.82, 2.24) is 4.90 Å². The molecule has 1 aromatic heterocycles. The number of likely N-dealkylation sites (tertiary alicyclic amines) is 1. The van der Waals surface area contributed by atoms with Crippen LogP contribution >= 0.6 is 11.3 Å². The van der Waals surface area contributed by atoms with Crippen molar-refractivity contribution in [3.05, 3.63) is 17.0 Å². The van der Waals surface area contributed by atoms with Gasteiger partial charge in [-0.3, -0.25) is 14.5 Å². The fourth-order valence-corrected chi connectivity index (χ4v) is 4.68. The van der Waals surface area contributed by atoms with E-state index in [2.05, 4.69) is 10.2 Å². The highest BCUT2D eigenvalue weighted by Crippen LogP contribution is 2.35. The highest BCUT2D eigenvalue weighted by Gasteiger charge is 2.33. The Morgan fingerprint density at radius 3 is 2.86 bits per heavy atom. The van der Waals surface area contributed by atoms with Gasteiger partial charge < -0.3 is 11.1 Å². The zero-order valence-electron chi connectivity index (χ0n) is 12.7. The highest BCUT2D eigenvalue weighted by atomic mass is 32.1. The van der Waals surface area contributed by atoms with E-state index in [4.69, 9.17) is 5.73 Å². The summed E-state index contributed by atoms with van der Waals surface area (Å²) in [5.41, 5.74) is 5.71. The van der Waals surface area contributed by atoms with Crippen molar-refractivity contribution in [3.63, 3.8) is 0 Å². The van der Waals surface area contributed by atoms with Gasteiger partial charge in [0, 0.05) is 6.04 Å². The number of hydrogen-bond acceptors (Lipinski definition) is 4. The number of hydrogen-bond donors (Lipinski definition) is 2. The first-order chi connectivity index (χ1) is 10.6. The lowest BCUT2D eigenvalue weighted by molar-refractivity contribution is -0.118. The minimum absolute atomic E-state index is 0.0452. The summed E-state index contributed by atoms with van der Waals surface area (Å²) in [7, 11) is 0. The Hall–Kier alpha value is -1.40. The van der Waals surface area contributed by atoms with E-state index >= 15 is 0 Å². The number of carbonyl (C=O) groups excluding carboxylic acids is 2. The van der Waals surface area contributed by atoms with Crippen molar-refractivity contribution >= 4 is 28.2 Å². The Morgan fingerprint density at radius 2 is 2.05 bits per heavy atom. The molecule has 1 aromatic rings. The second-order valence-corrected chi connectivity index (χ2v) is 7.22. The van der Waals surface area contributed by atoms with Gasteiger partial charge in [0.15, 0.2) is 0 Å². The topological polar surface area (TPSA) is 75.4 Å². The number of nitrogens with one attached hydrogen (secondary N) is 1. The largest absolute Gasteiger partial charge is 0.366 e. The fourth-order valence-electron chi connectivity index (χ4n) is 3.87. The van der Waals surface area contributed by atoms with E-state index in [1.807, 2.05) is 0 Å². The SMILES string of the molecule is NC(=O)c1ccsc1NC(=O)CN1CCC[C@H]2CCCC[C@@H]21. The average molecular weight is 321 g/mol. The van der Waals surface area contributed by atoms with Gasteiger partial charge in [0.05, 0.1) is 12.1 Å². The van der Waals surface area contributed by atoms with Crippen LogP contribution in [0.2, 0.25) is 0 Å². The monoisotopic (exact) mass is 321 g/mol. The minimum atomic E-state index is -0.498. The molecule has 120 valence electrons. The van der Waals surface area contributed by atoms with E-state index in [0.717, 1.165) is 12.5 Å². The summed E-state index contributed by atoms with van der Waals surface area (Å²) in [6, 6.07) is 2.22. The first-order valence-electron chi connectivity index (χ1n) is 8.06. The molecule has 0 spiro atoms. The predicted molar refractivity (Wildman–Crippen MR) is 88.0 cm³/mol. The molecule has 5 nitrogen and oxygen atoms in total. The van der Waals surface area contributed by atoms with Crippen LogP contribution in [-0.4, -0.2) is 35.8 Å². The summed E-state index contributed by atoms with van der Waals surface area (Å²) in [6.07, 6.45) is 7.61. The molecule has 2 heterocycles. The zero-order valence-corrected chi connectivity index (χ0v) is 13.5. The van der Waals surface area contributed by atoms with E-state index in [1.54, 1.807) is 11.4 Å². The van der Waals surface area contributed by atoms with Crippen LogP contribution in [0.25, 0.3) is 0 Å². The Bertz CT molecular complexity index is 555. The van der Waals surface area contributed by atoms with E-state index in [0.29, 0.717) is 23.2 Å². The quantitative estimate of drug-likeness (QED) is 0.894. The van der Waals surface area contributed by atoms with Crippen LogP contribution < -0.4 is 11.1 Å². The number of anilines is 1. The van der Waals surface area contributed by atoms with Crippen molar-refractivity contribution in [2.75, 3.05) is 18.4 Å². The maximum absolute atomic E-state index is 12.3. The van der Waals surface area contributed by atoms with Gasteiger partial charge >= 0.3 is 0 Å². The van der Waals surface area contributed by atoms with Crippen molar-refractivity contribution < 1.29 is 9.59 Å². The van der Waals surface area contributed by atoms with Gasteiger partial charge in [0.1, 0.15) is 5.00 Å². The van der Waals surface area contributed by atoms with E-state index in [-0.39, 0.29) is 5.91 Å². The molecular weight excluding hydrogens is 298 g/mol. The molecular formula is C16H23N3O2S. The third kappa shape index (κ3) is 3.33. The zero-order chi connectivity index (χ0) is 15.5. The van der Waals surface area contributed by atoms with Crippen molar-refractivity contribution in [2.45, 2.75) is 44.6 Å². The highest BCUT2D eigenvalue weighted by molar-refractivity contribution is 7.14. The summed E-state index contributed by atoms with van der Waals surface area (Å²) in [6.45, 7) is 1.42. The molecule has 0 unspecified atom stereocenters. The van der Waals surface area contributed by atoms with Gasteiger partial charge in [-0.15, -0.1) is 11.3 Å². The van der Waals surface area contributed by atoms with Crippen LogP contribution in [0, 0.1) is 5.92 Å². The number of nitrogens with two attached hydrogens (primary N) is 1. The lowest BCUT2D eigenvalue weighted by Gasteiger charge is -2.43. The van der Waals surface area contributed by atoms with Crippen molar-refractivity contribution in [1.29, 1.82) is 0 Å². The van der Waals surface area contributed by atoms with Gasteiger partial charge in [0.25, 0.3) is 5.91 Å². The smallest absolute Gasteiger partial charge is 0.251 e. The second kappa shape index (κ2) is 6.79. The number of amides is 2. The van der Waals surface area contributed by atoms with Gasteiger partial charge in [-0.05, 0) is 49.6 Å². The Balaban J connectivity index is 1.61. The van der Waals surface area contributed by atoms with Gasteiger partial charge in [-0.2, -0.15) is 0 Å². The Labute approximate surface area is 134 Å².